The highest BCUT2D eigenvalue weighted by molar-refractivity contribution is 6.16. The molecule has 1 aliphatic carbocycles. The van der Waals surface area contributed by atoms with Crippen molar-refractivity contribution in [3.05, 3.63) is 170 Å². The van der Waals surface area contributed by atoms with E-state index in [0.717, 1.165) is 44.7 Å². The summed E-state index contributed by atoms with van der Waals surface area (Å²) in [7, 11) is 0. The van der Waals surface area contributed by atoms with Crippen LogP contribution in [-0.2, 0) is 0 Å². The number of hydrogen-bond donors (Lipinski definition) is 0. The molecule has 11 rings (SSSR count). The highest BCUT2D eigenvalue weighted by atomic mass is 16.3. The van der Waals surface area contributed by atoms with Crippen LogP contribution in [0, 0.1) is 0 Å². The van der Waals surface area contributed by atoms with E-state index in [4.69, 9.17) is 4.42 Å². The number of furan rings is 1. The van der Waals surface area contributed by atoms with Crippen molar-refractivity contribution in [3.8, 4) is 27.9 Å². The predicted octanol–water partition coefficient (Wildman–Crippen LogP) is 13.0. The first kappa shape index (κ1) is 26.5. The molecule has 3 heteroatoms. The van der Waals surface area contributed by atoms with Gasteiger partial charge in [-0.3, -0.25) is 0 Å². The van der Waals surface area contributed by atoms with Crippen LogP contribution in [0.5, 0.6) is 0 Å². The molecule has 0 saturated heterocycles. The maximum absolute atomic E-state index is 6.23. The van der Waals surface area contributed by atoms with Gasteiger partial charge in [-0.15, -0.1) is 0 Å². The molecule has 1 aliphatic rings. The van der Waals surface area contributed by atoms with Crippen molar-refractivity contribution in [3.63, 3.8) is 0 Å². The molecule has 0 saturated carbocycles. The predicted molar refractivity (Wildman–Crippen MR) is 205 cm³/mol. The minimum Gasteiger partial charge on any atom is -0.456 e. The maximum Gasteiger partial charge on any atom is 0.135 e. The van der Waals surface area contributed by atoms with Crippen molar-refractivity contribution in [2.75, 3.05) is 4.90 Å². The monoisotopic (exact) mass is 624 g/mol. The molecule has 228 valence electrons. The number of nitrogens with zero attached hydrogens (tertiary/aromatic N) is 2. The standard InChI is InChI=1S/C46H28N2O/c1-4-16-42-35(11-1)36-12-2-5-17-43(36)48(42)31-21-19-30(20-22-31)47(33-24-26-45-41(28-33)37-13-3-6-18-44(37)49-45)32-23-25-34-38-14-7-9-29-10-8-15-39(46(29)38)40(34)27-32/h1-28H. The first-order chi connectivity index (χ1) is 24.3. The molecule has 0 aliphatic heterocycles. The van der Waals surface area contributed by atoms with E-state index in [2.05, 4.69) is 167 Å². The quantitative estimate of drug-likeness (QED) is 0.194. The van der Waals surface area contributed by atoms with Gasteiger partial charge >= 0.3 is 0 Å². The summed E-state index contributed by atoms with van der Waals surface area (Å²) in [4.78, 5) is 2.38. The summed E-state index contributed by atoms with van der Waals surface area (Å²) in [5.41, 5.74) is 13.8. The van der Waals surface area contributed by atoms with Crippen molar-refractivity contribution < 1.29 is 4.42 Å². The number of fused-ring (bicyclic) bond motifs is 9. The van der Waals surface area contributed by atoms with E-state index in [-0.39, 0.29) is 0 Å². The van der Waals surface area contributed by atoms with Gasteiger partial charge in [-0.2, -0.15) is 0 Å². The van der Waals surface area contributed by atoms with Gasteiger partial charge in [0, 0.05) is 44.3 Å². The Balaban J connectivity index is 1.11. The Bertz CT molecular complexity index is 2890. The number of rotatable bonds is 4. The molecule has 8 aromatic carbocycles. The number of anilines is 3. The van der Waals surface area contributed by atoms with E-state index in [1.54, 1.807) is 0 Å². The summed E-state index contributed by atoms with van der Waals surface area (Å²) < 4.78 is 8.60. The SMILES string of the molecule is c1cc2c3c(cccc3c1)-c1cc(N(c3ccc(-n4c5ccccc5c5ccccc54)cc3)c3ccc4oc5ccccc5c4c3)ccc1-2. The van der Waals surface area contributed by atoms with Gasteiger partial charge in [-0.25, -0.2) is 0 Å². The summed E-state index contributed by atoms with van der Waals surface area (Å²) in [6.07, 6.45) is 0. The normalized spacial score (nSPS) is 12.1. The summed E-state index contributed by atoms with van der Waals surface area (Å²) in [6, 6.07) is 61.4. The Kier molecular flexibility index (Phi) is 5.38. The minimum absolute atomic E-state index is 0.891. The second-order valence-electron chi connectivity index (χ2n) is 12.9. The van der Waals surface area contributed by atoms with Crippen LogP contribution in [0.25, 0.3) is 82.5 Å². The van der Waals surface area contributed by atoms with Crippen LogP contribution < -0.4 is 4.90 Å². The summed E-state index contributed by atoms with van der Waals surface area (Å²) in [6.45, 7) is 0. The Morgan fingerprint density at radius 2 is 0.980 bits per heavy atom. The topological polar surface area (TPSA) is 21.3 Å². The van der Waals surface area contributed by atoms with Gasteiger partial charge in [0.15, 0.2) is 0 Å². The van der Waals surface area contributed by atoms with Crippen LogP contribution in [0.4, 0.5) is 17.1 Å². The van der Waals surface area contributed by atoms with Crippen molar-refractivity contribution in [1.82, 2.24) is 4.57 Å². The van der Waals surface area contributed by atoms with Crippen LogP contribution in [-0.4, -0.2) is 4.57 Å². The highest BCUT2D eigenvalue weighted by Crippen LogP contribution is 2.50. The Morgan fingerprint density at radius 3 is 1.73 bits per heavy atom. The maximum atomic E-state index is 6.23. The molecule has 49 heavy (non-hydrogen) atoms. The lowest BCUT2D eigenvalue weighted by Crippen LogP contribution is -2.10. The largest absolute Gasteiger partial charge is 0.456 e. The molecule has 0 spiro atoms. The Hall–Kier alpha value is -6.58. The molecular formula is C46H28N2O. The Labute approximate surface area is 282 Å². The van der Waals surface area contributed by atoms with E-state index in [1.165, 1.54) is 54.8 Å². The van der Waals surface area contributed by atoms with E-state index in [0.29, 0.717) is 0 Å². The molecule has 0 fully saturated rings. The molecule has 0 radical (unpaired) electrons. The fraction of sp³-hybridized carbons (Fsp3) is 0. The fourth-order valence-corrected chi connectivity index (χ4v) is 8.17. The minimum atomic E-state index is 0.891. The summed E-state index contributed by atoms with van der Waals surface area (Å²) >= 11 is 0. The fourth-order valence-electron chi connectivity index (χ4n) is 8.17. The van der Waals surface area contributed by atoms with Crippen molar-refractivity contribution in [2.24, 2.45) is 0 Å². The average Bonchev–Trinajstić information content (AvgIpc) is 3.81. The lowest BCUT2D eigenvalue weighted by Gasteiger charge is -2.26. The van der Waals surface area contributed by atoms with Gasteiger partial charge in [-0.1, -0.05) is 97.1 Å². The first-order valence-corrected chi connectivity index (χ1v) is 16.8. The first-order valence-electron chi connectivity index (χ1n) is 16.8. The van der Waals surface area contributed by atoms with E-state index < -0.39 is 0 Å². The van der Waals surface area contributed by atoms with Crippen LogP contribution in [0.1, 0.15) is 0 Å². The third-order valence-corrected chi connectivity index (χ3v) is 10.3. The van der Waals surface area contributed by atoms with Crippen molar-refractivity contribution in [1.29, 1.82) is 0 Å². The van der Waals surface area contributed by atoms with E-state index >= 15 is 0 Å². The molecule has 0 unspecified atom stereocenters. The molecule has 0 atom stereocenters. The second kappa shape index (κ2) is 9.96. The van der Waals surface area contributed by atoms with Gasteiger partial charge in [0.05, 0.1) is 11.0 Å². The second-order valence-corrected chi connectivity index (χ2v) is 12.9. The smallest absolute Gasteiger partial charge is 0.135 e. The van der Waals surface area contributed by atoms with Crippen LogP contribution in [0.3, 0.4) is 0 Å². The number of benzene rings is 8. The molecule has 3 nitrogen and oxygen atoms in total. The van der Waals surface area contributed by atoms with E-state index in [9.17, 15) is 0 Å². The van der Waals surface area contributed by atoms with Crippen molar-refractivity contribution >= 4 is 71.6 Å². The Morgan fingerprint density at radius 1 is 0.388 bits per heavy atom. The average molecular weight is 625 g/mol. The van der Waals surface area contributed by atoms with Crippen molar-refractivity contribution in [2.45, 2.75) is 0 Å². The zero-order chi connectivity index (χ0) is 32.1. The number of hydrogen-bond acceptors (Lipinski definition) is 2. The lowest BCUT2D eigenvalue weighted by molar-refractivity contribution is 0.669. The third-order valence-electron chi connectivity index (χ3n) is 10.3. The van der Waals surface area contributed by atoms with E-state index in [1.807, 2.05) is 12.1 Å². The molecular weight excluding hydrogens is 597 g/mol. The molecule has 0 amide bonds. The lowest BCUT2D eigenvalue weighted by atomic mass is 10.0. The number of para-hydroxylation sites is 3. The molecule has 2 aromatic heterocycles. The van der Waals surface area contributed by atoms with Crippen LogP contribution in [0.15, 0.2) is 174 Å². The zero-order valence-corrected chi connectivity index (χ0v) is 26.5. The van der Waals surface area contributed by atoms with Gasteiger partial charge < -0.3 is 13.9 Å². The summed E-state index contributed by atoms with van der Waals surface area (Å²) in [5.74, 6) is 0. The number of aromatic nitrogens is 1. The van der Waals surface area contributed by atoms with Crippen LogP contribution >= 0.6 is 0 Å². The molecule has 10 aromatic rings. The zero-order valence-electron chi connectivity index (χ0n) is 26.5. The van der Waals surface area contributed by atoms with Gasteiger partial charge in [0.1, 0.15) is 11.2 Å². The summed E-state index contributed by atoms with van der Waals surface area (Å²) in [5, 5.41) is 7.38. The third kappa shape index (κ3) is 3.78. The van der Waals surface area contributed by atoms with Gasteiger partial charge in [0.2, 0.25) is 0 Å². The molecule has 0 N–H and O–H groups in total. The van der Waals surface area contributed by atoms with Gasteiger partial charge in [-0.05, 0) is 106 Å². The highest BCUT2D eigenvalue weighted by Gasteiger charge is 2.24. The van der Waals surface area contributed by atoms with Gasteiger partial charge in [0.25, 0.3) is 0 Å². The molecule has 0 bridgehead atoms. The molecule has 2 heterocycles. The van der Waals surface area contributed by atoms with Crippen LogP contribution in [0.2, 0.25) is 0 Å².